The van der Waals surface area contributed by atoms with Crippen molar-refractivity contribution in [1.82, 2.24) is 0 Å². The molecule has 0 heterocycles. The summed E-state index contributed by atoms with van der Waals surface area (Å²) >= 11 is 0. The van der Waals surface area contributed by atoms with Gasteiger partial charge in [0.25, 0.3) is 0 Å². The fraction of sp³-hybridized carbons (Fsp3) is 0.600. The Morgan fingerprint density at radius 3 is 0.762 bits per heavy atom. The van der Waals surface area contributed by atoms with Crippen LogP contribution in [0.3, 0.4) is 0 Å². The summed E-state index contributed by atoms with van der Waals surface area (Å²) in [7, 11) is 0. The molecule has 0 aliphatic heterocycles. The maximum absolute atomic E-state index is 5.96. The highest BCUT2D eigenvalue weighted by atomic mass is 35.5. The van der Waals surface area contributed by atoms with Gasteiger partial charge in [-0.1, -0.05) is 20.8 Å². The SMILES string of the molecule is CCc1c(CN)c(CC)c(CN)c(CC)c1CN.Cl.Cl.Cl. The number of rotatable bonds is 6. The highest BCUT2D eigenvalue weighted by molar-refractivity contribution is 5.86. The zero-order valence-electron chi connectivity index (χ0n) is 13.2. The second-order valence-electron chi connectivity index (χ2n) is 4.54. The quantitative estimate of drug-likeness (QED) is 0.731. The molecule has 1 aromatic rings. The summed E-state index contributed by atoms with van der Waals surface area (Å²) in [5.41, 5.74) is 25.8. The molecule has 126 valence electrons. The molecule has 1 rings (SSSR count). The predicted octanol–water partition coefficient (Wildman–Crippen LogP) is 3.02. The fourth-order valence-corrected chi connectivity index (χ4v) is 3.11. The average molecular weight is 359 g/mol. The van der Waals surface area contributed by atoms with Crippen LogP contribution >= 0.6 is 37.2 Å². The molecule has 3 nitrogen and oxygen atoms in total. The minimum Gasteiger partial charge on any atom is -0.326 e. The van der Waals surface area contributed by atoms with E-state index >= 15 is 0 Å². The first-order chi connectivity index (χ1) is 8.69. The van der Waals surface area contributed by atoms with Crippen LogP contribution in [0.4, 0.5) is 0 Å². The first kappa shape index (κ1) is 25.9. The lowest BCUT2D eigenvalue weighted by atomic mass is 9.83. The second kappa shape index (κ2) is 12.5. The van der Waals surface area contributed by atoms with Crippen LogP contribution in [0.1, 0.15) is 54.2 Å². The number of nitrogens with two attached hydrogens (primary N) is 3. The molecule has 0 aliphatic carbocycles. The summed E-state index contributed by atoms with van der Waals surface area (Å²) in [6, 6.07) is 0. The van der Waals surface area contributed by atoms with Crippen molar-refractivity contribution in [3.8, 4) is 0 Å². The lowest BCUT2D eigenvalue weighted by molar-refractivity contribution is 0.852. The summed E-state index contributed by atoms with van der Waals surface area (Å²) in [5, 5.41) is 0. The Kier molecular flexibility index (Phi) is 15.4. The topological polar surface area (TPSA) is 78.1 Å². The summed E-state index contributed by atoms with van der Waals surface area (Å²) in [6.07, 6.45) is 2.97. The number of benzene rings is 1. The van der Waals surface area contributed by atoms with Gasteiger partial charge in [0.2, 0.25) is 0 Å². The van der Waals surface area contributed by atoms with E-state index in [1.54, 1.807) is 0 Å². The van der Waals surface area contributed by atoms with Crippen LogP contribution in [-0.4, -0.2) is 0 Å². The molecule has 0 spiro atoms. The highest BCUT2D eigenvalue weighted by Crippen LogP contribution is 2.29. The Morgan fingerprint density at radius 1 is 0.476 bits per heavy atom. The Morgan fingerprint density at radius 2 is 0.667 bits per heavy atom. The Labute approximate surface area is 147 Å². The first-order valence-corrected chi connectivity index (χ1v) is 6.97. The number of hydrogen-bond acceptors (Lipinski definition) is 3. The van der Waals surface area contributed by atoms with Gasteiger partial charge in [0.1, 0.15) is 0 Å². The van der Waals surface area contributed by atoms with Gasteiger partial charge in [-0.2, -0.15) is 0 Å². The molecular weight excluding hydrogens is 329 g/mol. The minimum atomic E-state index is 0. The molecular formula is C15H30Cl3N3. The zero-order chi connectivity index (χ0) is 13.7. The van der Waals surface area contributed by atoms with Crippen molar-refractivity contribution in [1.29, 1.82) is 0 Å². The Hall–Kier alpha value is -0.0300. The van der Waals surface area contributed by atoms with Crippen molar-refractivity contribution in [2.75, 3.05) is 0 Å². The third kappa shape index (κ3) is 4.98. The van der Waals surface area contributed by atoms with E-state index in [2.05, 4.69) is 20.8 Å². The Balaban J connectivity index is -0.00000108. The van der Waals surface area contributed by atoms with Crippen molar-refractivity contribution >= 4 is 37.2 Å². The molecule has 0 radical (unpaired) electrons. The van der Waals surface area contributed by atoms with Crippen LogP contribution in [-0.2, 0) is 38.9 Å². The standard InChI is InChI=1S/C15H27N3.3ClH/c1-4-10-13(7-16)11(5-2)15(9-18)12(6-3)14(10)8-17;;;/h4-9,16-18H2,1-3H3;3*1H. The van der Waals surface area contributed by atoms with E-state index in [9.17, 15) is 0 Å². The third-order valence-electron chi connectivity index (χ3n) is 3.86. The molecule has 0 bridgehead atoms. The molecule has 0 aliphatic rings. The van der Waals surface area contributed by atoms with Gasteiger partial charge in [0.15, 0.2) is 0 Å². The predicted molar refractivity (Wildman–Crippen MR) is 100.0 cm³/mol. The molecule has 21 heavy (non-hydrogen) atoms. The van der Waals surface area contributed by atoms with Crippen molar-refractivity contribution in [2.24, 2.45) is 17.2 Å². The van der Waals surface area contributed by atoms with Crippen molar-refractivity contribution in [3.05, 3.63) is 33.4 Å². The fourth-order valence-electron chi connectivity index (χ4n) is 3.11. The second-order valence-corrected chi connectivity index (χ2v) is 4.54. The van der Waals surface area contributed by atoms with Gasteiger partial charge in [-0.3, -0.25) is 0 Å². The summed E-state index contributed by atoms with van der Waals surface area (Å²) < 4.78 is 0. The van der Waals surface area contributed by atoms with Crippen LogP contribution < -0.4 is 17.2 Å². The van der Waals surface area contributed by atoms with E-state index in [0.717, 1.165) is 19.3 Å². The molecule has 6 N–H and O–H groups in total. The highest BCUT2D eigenvalue weighted by Gasteiger charge is 2.18. The van der Waals surface area contributed by atoms with Gasteiger partial charge in [0, 0.05) is 19.6 Å². The van der Waals surface area contributed by atoms with Crippen molar-refractivity contribution in [3.63, 3.8) is 0 Å². The van der Waals surface area contributed by atoms with Gasteiger partial charge in [0.05, 0.1) is 0 Å². The van der Waals surface area contributed by atoms with E-state index in [1.165, 1.54) is 33.4 Å². The molecule has 0 unspecified atom stereocenters. The van der Waals surface area contributed by atoms with Crippen molar-refractivity contribution < 1.29 is 0 Å². The summed E-state index contributed by atoms with van der Waals surface area (Å²) in [6.45, 7) is 8.26. The molecule has 0 aromatic heterocycles. The van der Waals surface area contributed by atoms with E-state index in [4.69, 9.17) is 17.2 Å². The molecule has 0 atom stereocenters. The van der Waals surface area contributed by atoms with Crippen LogP contribution in [0.2, 0.25) is 0 Å². The lowest BCUT2D eigenvalue weighted by Crippen LogP contribution is -2.18. The van der Waals surface area contributed by atoms with Gasteiger partial charge in [-0.25, -0.2) is 0 Å². The molecule has 1 aromatic carbocycles. The van der Waals surface area contributed by atoms with Gasteiger partial charge in [-0.05, 0) is 52.6 Å². The zero-order valence-corrected chi connectivity index (χ0v) is 15.6. The van der Waals surface area contributed by atoms with E-state index in [-0.39, 0.29) is 37.2 Å². The lowest BCUT2D eigenvalue weighted by Gasteiger charge is -2.24. The van der Waals surface area contributed by atoms with Crippen LogP contribution in [0, 0.1) is 0 Å². The van der Waals surface area contributed by atoms with Gasteiger partial charge < -0.3 is 17.2 Å². The first-order valence-electron chi connectivity index (χ1n) is 6.97. The molecule has 0 fully saturated rings. The number of hydrogen-bond donors (Lipinski definition) is 3. The molecule has 6 heteroatoms. The van der Waals surface area contributed by atoms with E-state index < -0.39 is 0 Å². The maximum Gasteiger partial charge on any atom is 0.0183 e. The molecule has 0 saturated heterocycles. The van der Waals surface area contributed by atoms with Crippen LogP contribution in [0.15, 0.2) is 0 Å². The van der Waals surface area contributed by atoms with Gasteiger partial charge >= 0.3 is 0 Å². The number of halogens is 3. The van der Waals surface area contributed by atoms with Crippen LogP contribution in [0.5, 0.6) is 0 Å². The monoisotopic (exact) mass is 357 g/mol. The van der Waals surface area contributed by atoms with Crippen molar-refractivity contribution in [2.45, 2.75) is 59.7 Å². The Bertz CT molecular complexity index is 303. The minimum absolute atomic E-state index is 0. The van der Waals surface area contributed by atoms with Crippen LogP contribution in [0.25, 0.3) is 0 Å². The third-order valence-corrected chi connectivity index (χ3v) is 3.86. The largest absolute Gasteiger partial charge is 0.326 e. The average Bonchev–Trinajstić information content (AvgIpc) is 2.43. The summed E-state index contributed by atoms with van der Waals surface area (Å²) in [4.78, 5) is 0. The summed E-state index contributed by atoms with van der Waals surface area (Å²) in [5.74, 6) is 0. The molecule has 0 amide bonds. The maximum atomic E-state index is 5.96. The normalized spacial score (nSPS) is 9.43. The van der Waals surface area contributed by atoms with Gasteiger partial charge in [-0.15, -0.1) is 37.2 Å². The molecule has 0 saturated carbocycles. The van der Waals surface area contributed by atoms with E-state index in [0.29, 0.717) is 19.6 Å². The smallest absolute Gasteiger partial charge is 0.0183 e. The van der Waals surface area contributed by atoms with E-state index in [1.807, 2.05) is 0 Å².